The number of anilines is 2. The van der Waals surface area contributed by atoms with E-state index in [-0.39, 0.29) is 5.91 Å². The molecule has 0 spiro atoms. The van der Waals surface area contributed by atoms with Gasteiger partial charge < -0.3 is 10.6 Å². The Balaban J connectivity index is 1.50. The molecule has 36 heavy (non-hydrogen) atoms. The molecule has 0 bridgehead atoms. The molecule has 3 aromatic carbocycles. The Morgan fingerprint density at radius 3 is 2.42 bits per heavy atom. The van der Waals surface area contributed by atoms with Crippen LogP contribution in [0.2, 0.25) is 0 Å². The highest BCUT2D eigenvalue weighted by Crippen LogP contribution is 2.37. The molecular formula is C29H29N5OS. The van der Waals surface area contributed by atoms with Crippen molar-refractivity contribution in [3.63, 3.8) is 0 Å². The lowest BCUT2D eigenvalue weighted by molar-refractivity contribution is -0.113. The normalized spacial score (nSPS) is 14.8. The van der Waals surface area contributed by atoms with E-state index in [0.717, 1.165) is 39.4 Å². The zero-order valence-corrected chi connectivity index (χ0v) is 21.7. The predicted molar refractivity (Wildman–Crippen MR) is 146 cm³/mol. The van der Waals surface area contributed by atoms with E-state index >= 15 is 0 Å². The maximum Gasteiger partial charge on any atom is 0.255 e. The van der Waals surface area contributed by atoms with Gasteiger partial charge in [-0.3, -0.25) is 4.79 Å². The molecule has 182 valence electrons. The Bertz CT molecular complexity index is 1440. The summed E-state index contributed by atoms with van der Waals surface area (Å²) in [4.78, 5) is 18.5. The molecule has 0 fully saturated rings. The van der Waals surface area contributed by atoms with Gasteiger partial charge in [-0.1, -0.05) is 89.6 Å². The Labute approximate surface area is 215 Å². The third-order valence-electron chi connectivity index (χ3n) is 6.31. The molecule has 0 saturated heterocycles. The van der Waals surface area contributed by atoms with Crippen LogP contribution in [0.3, 0.4) is 0 Å². The molecule has 1 aromatic heterocycles. The Morgan fingerprint density at radius 2 is 1.69 bits per heavy atom. The standard InChI is InChI=1S/C29H29N5OS/c1-18-10-13-23(14-11-18)26-25(27(35)31-24-15-12-19(2)16-20(24)3)21(4)30-28-32-29(33-34(26)28)36-17-22-8-6-5-7-9-22/h5-16,26H,17H2,1-4H3,(H,31,35)(H,30,32,33). The molecule has 7 heteroatoms. The van der Waals surface area contributed by atoms with Gasteiger partial charge in [-0.15, -0.1) is 5.10 Å². The molecule has 0 saturated carbocycles. The first-order chi connectivity index (χ1) is 17.4. The van der Waals surface area contributed by atoms with E-state index in [4.69, 9.17) is 10.1 Å². The van der Waals surface area contributed by atoms with E-state index in [2.05, 4.69) is 60.0 Å². The van der Waals surface area contributed by atoms with Gasteiger partial charge in [0.2, 0.25) is 11.1 Å². The van der Waals surface area contributed by atoms with Gasteiger partial charge in [-0.05, 0) is 50.5 Å². The fourth-order valence-electron chi connectivity index (χ4n) is 4.41. The number of aryl methyl sites for hydroxylation is 3. The van der Waals surface area contributed by atoms with Crippen molar-refractivity contribution in [3.05, 3.63) is 112 Å². The van der Waals surface area contributed by atoms with Crippen molar-refractivity contribution < 1.29 is 4.79 Å². The van der Waals surface area contributed by atoms with Gasteiger partial charge in [0.05, 0.1) is 5.57 Å². The number of carbonyl (C=O) groups excluding carboxylic acids is 1. The number of nitrogens with one attached hydrogen (secondary N) is 2. The molecule has 1 aliphatic heterocycles. The first-order valence-electron chi connectivity index (χ1n) is 12.0. The second kappa shape index (κ2) is 10.0. The van der Waals surface area contributed by atoms with E-state index in [0.29, 0.717) is 16.7 Å². The molecule has 1 unspecified atom stereocenters. The van der Waals surface area contributed by atoms with E-state index in [1.54, 1.807) is 11.8 Å². The fraction of sp³-hybridized carbons (Fsp3) is 0.207. The molecule has 4 aromatic rings. The van der Waals surface area contributed by atoms with Crippen LogP contribution in [-0.2, 0) is 10.5 Å². The molecule has 6 nitrogen and oxygen atoms in total. The lowest BCUT2D eigenvalue weighted by Crippen LogP contribution is -2.31. The topological polar surface area (TPSA) is 71.8 Å². The summed E-state index contributed by atoms with van der Waals surface area (Å²) in [5.41, 5.74) is 7.73. The summed E-state index contributed by atoms with van der Waals surface area (Å²) in [6.45, 7) is 8.03. The van der Waals surface area contributed by atoms with E-state index in [9.17, 15) is 4.79 Å². The molecule has 2 heterocycles. The third-order valence-corrected chi connectivity index (χ3v) is 7.22. The van der Waals surface area contributed by atoms with Gasteiger partial charge >= 0.3 is 0 Å². The summed E-state index contributed by atoms with van der Waals surface area (Å²) < 4.78 is 1.84. The summed E-state index contributed by atoms with van der Waals surface area (Å²) in [5.74, 6) is 1.25. The van der Waals surface area contributed by atoms with Crippen molar-refractivity contribution in [2.45, 2.75) is 44.6 Å². The highest BCUT2D eigenvalue weighted by molar-refractivity contribution is 7.98. The van der Waals surface area contributed by atoms with Crippen LogP contribution in [0.15, 0.2) is 89.2 Å². The number of amides is 1. The second-order valence-corrected chi connectivity index (χ2v) is 10.1. The van der Waals surface area contributed by atoms with Gasteiger partial charge in [0.1, 0.15) is 6.04 Å². The summed E-state index contributed by atoms with van der Waals surface area (Å²) in [6.07, 6.45) is 0. The number of fused-ring (bicyclic) bond motifs is 1. The van der Waals surface area contributed by atoms with Crippen LogP contribution in [-0.4, -0.2) is 20.7 Å². The third kappa shape index (κ3) is 4.93. The SMILES string of the molecule is CC1=C(C(=O)Nc2ccc(C)cc2C)C(c2ccc(C)cc2)n2nc(SCc3ccccc3)nc2N1. The average molecular weight is 496 g/mol. The monoisotopic (exact) mass is 495 g/mol. The Hall–Kier alpha value is -3.84. The largest absolute Gasteiger partial charge is 0.328 e. The number of carbonyl (C=O) groups is 1. The highest BCUT2D eigenvalue weighted by atomic mass is 32.2. The number of rotatable bonds is 6. The molecule has 1 aliphatic rings. The molecular weight excluding hydrogens is 466 g/mol. The smallest absolute Gasteiger partial charge is 0.255 e. The molecule has 1 amide bonds. The predicted octanol–water partition coefficient (Wildman–Crippen LogP) is 6.42. The fourth-order valence-corrected chi connectivity index (χ4v) is 5.19. The van der Waals surface area contributed by atoms with Crippen molar-refractivity contribution in [2.75, 3.05) is 10.6 Å². The molecule has 0 radical (unpaired) electrons. The van der Waals surface area contributed by atoms with Crippen LogP contribution in [0, 0.1) is 20.8 Å². The summed E-state index contributed by atoms with van der Waals surface area (Å²) in [7, 11) is 0. The minimum Gasteiger partial charge on any atom is -0.328 e. The van der Waals surface area contributed by atoms with Gasteiger partial charge in [-0.25, -0.2) is 4.68 Å². The van der Waals surface area contributed by atoms with Crippen molar-refractivity contribution in [3.8, 4) is 0 Å². The number of hydrogen-bond donors (Lipinski definition) is 2. The van der Waals surface area contributed by atoms with Crippen LogP contribution in [0.1, 0.15) is 40.8 Å². The number of hydrogen-bond acceptors (Lipinski definition) is 5. The number of thioether (sulfide) groups is 1. The lowest BCUT2D eigenvalue weighted by Gasteiger charge is -2.29. The maximum absolute atomic E-state index is 13.7. The van der Waals surface area contributed by atoms with Gasteiger partial charge in [0.15, 0.2) is 0 Å². The Morgan fingerprint density at radius 1 is 0.972 bits per heavy atom. The molecule has 5 rings (SSSR count). The average Bonchev–Trinajstić information content (AvgIpc) is 3.27. The van der Waals surface area contributed by atoms with Crippen LogP contribution in [0.4, 0.5) is 11.6 Å². The number of nitrogens with zero attached hydrogens (tertiary/aromatic N) is 3. The van der Waals surface area contributed by atoms with Gasteiger partial charge in [0, 0.05) is 17.1 Å². The van der Waals surface area contributed by atoms with Crippen molar-refractivity contribution in [2.24, 2.45) is 0 Å². The van der Waals surface area contributed by atoms with Crippen molar-refractivity contribution >= 4 is 29.3 Å². The maximum atomic E-state index is 13.7. The van der Waals surface area contributed by atoms with Crippen molar-refractivity contribution in [1.29, 1.82) is 0 Å². The highest BCUT2D eigenvalue weighted by Gasteiger charge is 2.34. The zero-order chi connectivity index (χ0) is 25.2. The minimum absolute atomic E-state index is 0.155. The molecule has 0 aliphatic carbocycles. The first-order valence-corrected chi connectivity index (χ1v) is 12.9. The Kier molecular flexibility index (Phi) is 6.65. The van der Waals surface area contributed by atoms with E-state index in [1.165, 1.54) is 5.56 Å². The minimum atomic E-state index is -0.397. The zero-order valence-electron chi connectivity index (χ0n) is 20.9. The summed E-state index contributed by atoms with van der Waals surface area (Å²) in [6, 6.07) is 24.1. The molecule has 2 N–H and O–H groups in total. The van der Waals surface area contributed by atoms with Crippen LogP contribution in [0.25, 0.3) is 0 Å². The molecule has 1 atom stereocenters. The van der Waals surface area contributed by atoms with Crippen LogP contribution < -0.4 is 10.6 Å². The number of benzene rings is 3. The lowest BCUT2D eigenvalue weighted by atomic mass is 9.94. The van der Waals surface area contributed by atoms with E-state index in [1.807, 2.05) is 55.8 Å². The summed E-state index contributed by atoms with van der Waals surface area (Å²) in [5, 5.41) is 12.0. The number of allylic oxidation sites excluding steroid dienone is 1. The van der Waals surface area contributed by atoms with Crippen molar-refractivity contribution in [1.82, 2.24) is 14.8 Å². The van der Waals surface area contributed by atoms with Crippen LogP contribution in [0.5, 0.6) is 0 Å². The van der Waals surface area contributed by atoms with Gasteiger partial charge in [0.25, 0.3) is 5.91 Å². The first kappa shape index (κ1) is 23.9. The van der Waals surface area contributed by atoms with E-state index < -0.39 is 6.04 Å². The number of aromatic nitrogens is 3. The van der Waals surface area contributed by atoms with Gasteiger partial charge in [-0.2, -0.15) is 4.98 Å². The summed E-state index contributed by atoms with van der Waals surface area (Å²) >= 11 is 1.58. The quantitative estimate of drug-likeness (QED) is 0.302. The van der Waals surface area contributed by atoms with Crippen LogP contribution >= 0.6 is 11.8 Å². The second-order valence-electron chi connectivity index (χ2n) is 9.19.